The molecule has 156 valence electrons. The highest BCUT2D eigenvalue weighted by molar-refractivity contribution is 5.79. The maximum atomic E-state index is 12.1. The quantitative estimate of drug-likeness (QED) is 0.540. The van der Waals surface area contributed by atoms with Crippen molar-refractivity contribution in [2.75, 3.05) is 33.0 Å². The maximum Gasteiger partial charge on any atom is 0.223 e. The first-order valence-electron chi connectivity index (χ1n) is 9.75. The second-order valence-corrected chi connectivity index (χ2v) is 6.11. The normalized spacial score (nSPS) is 19.1. The molecule has 2 N–H and O–H groups in total. The van der Waals surface area contributed by atoms with Gasteiger partial charge >= 0.3 is 0 Å². The van der Waals surface area contributed by atoms with Gasteiger partial charge in [-0.2, -0.15) is 0 Å². The molecule has 0 saturated heterocycles. The fourth-order valence-electron chi connectivity index (χ4n) is 2.72. The van der Waals surface area contributed by atoms with Gasteiger partial charge in [-0.05, 0) is 39.5 Å². The predicted octanol–water partition coefficient (Wildman–Crippen LogP) is 2.33. The summed E-state index contributed by atoms with van der Waals surface area (Å²) >= 11 is 0. The SMILES string of the molecule is CC.CCOCCC(=O)NC1CCC(C(=O)NCCOCC(C)=O)CC1.[HH].[HH]. The molecule has 1 saturated carbocycles. The number of ether oxygens (including phenoxy) is 2. The van der Waals surface area contributed by atoms with E-state index in [1.165, 1.54) is 6.92 Å². The highest BCUT2D eigenvalue weighted by Crippen LogP contribution is 2.24. The summed E-state index contributed by atoms with van der Waals surface area (Å²) in [4.78, 5) is 34.5. The molecule has 7 nitrogen and oxygen atoms in total. The second-order valence-electron chi connectivity index (χ2n) is 6.11. The molecule has 0 aromatic carbocycles. The Hall–Kier alpha value is -1.47. The van der Waals surface area contributed by atoms with Crippen molar-refractivity contribution in [3.8, 4) is 0 Å². The Balaban J connectivity index is -0.00000151. The van der Waals surface area contributed by atoms with Crippen LogP contribution >= 0.6 is 0 Å². The summed E-state index contributed by atoms with van der Waals surface area (Å²) in [6, 6.07) is 0.155. The molecule has 0 radical (unpaired) electrons. The van der Waals surface area contributed by atoms with Gasteiger partial charge < -0.3 is 20.1 Å². The van der Waals surface area contributed by atoms with E-state index in [2.05, 4.69) is 10.6 Å². The molecule has 2 amide bonds. The average Bonchev–Trinajstić information content (AvgIpc) is 2.63. The third kappa shape index (κ3) is 12.0. The Kier molecular flexibility index (Phi) is 14.9. The highest BCUT2D eigenvalue weighted by Gasteiger charge is 2.26. The second kappa shape index (κ2) is 15.8. The van der Waals surface area contributed by atoms with Crippen LogP contribution in [0.5, 0.6) is 0 Å². The molecule has 1 rings (SSSR count). The fraction of sp³-hybridized carbons (Fsp3) is 0.842. The van der Waals surface area contributed by atoms with Crippen molar-refractivity contribution < 1.29 is 26.7 Å². The smallest absolute Gasteiger partial charge is 0.223 e. The summed E-state index contributed by atoms with van der Waals surface area (Å²) in [7, 11) is 0. The number of ketones is 1. The van der Waals surface area contributed by atoms with Crippen LogP contribution < -0.4 is 10.6 Å². The Morgan fingerprint density at radius 2 is 1.69 bits per heavy atom. The van der Waals surface area contributed by atoms with Gasteiger partial charge in [0.1, 0.15) is 6.61 Å². The van der Waals surface area contributed by atoms with E-state index < -0.39 is 0 Å². The molecule has 0 heterocycles. The summed E-state index contributed by atoms with van der Waals surface area (Å²) in [5.74, 6) is 0.0128. The summed E-state index contributed by atoms with van der Waals surface area (Å²) in [5.41, 5.74) is 0. The summed E-state index contributed by atoms with van der Waals surface area (Å²) in [6.45, 7) is 9.28. The number of amides is 2. The number of hydrogen-bond acceptors (Lipinski definition) is 5. The van der Waals surface area contributed by atoms with E-state index in [1.807, 2.05) is 20.8 Å². The predicted molar refractivity (Wildman–Crippen MR) is 105 cm³/mol. The first-order valence-corrected chi connectivity index (χ1v) is 9.75. The largest absolute Gasteiger partial charge is 0.381 e. The lowest BCUT2D eigenvalue weighted by atomic mass is 9.85. The molecule has 1 aliphatic carbocycles. The van der Waals surface area contributed by atoms with E-state index in [4.69, 9.17) is 9.47 Å². The molecule has 7 heteroatoms. The average molecular weight is 377 g/mol. The van der Waals surface area contributed by atoms with Gasteiger partial charge in [0, 0.05) is 34.4 Å². The van der Waals surface area contributed by atoms with E-state index in [9.17, 15) is 14.4 Å². The van der Waals surface area contributed by atoms with Crippen LogP contribution in [-0.4, -0.2) is 56.6 Å². The molecule has 1 fully saturated rings. The molecule has 0 aliphatic heterocycles. The number of hydrogen-bond donors (Lipinski definition) is 2. The van der Waals surface area contributed by atoms with E-state index in [0.717, 1.165) is 25.7 Å². The summed E-state index contributed by atoms with van der Waals surface area (Å²) in [5, 5.41) is 5.84. The van der Waals surface area contributed by atoms with E-state index in [0.29, 0.717) is 32.8 Å². The fourth-order valence-corrected chi connectivity index (χ4v) is 2.72. The third-order valence-corrected chi connectivity index (χ3v) is 3.99. The summed E-state index contributed by atoms with van der Waals surface area (Å²) < 4.78 is 10.3. The topological polar surface area (TPSA) is 93.7 Å². The molecule has 0 spiro atoms. The van der Waals surface area contributed by atoms with Gasteiger partial charge in [0.2, 0.25) is 11.8 Å². The van der Waals surface area contributed by atoms with Gasteiger partial charge in [-0.1, -0.05) is 13.8 Å². The van der Waals surface area contributed by atoms with Gasteiger partial charge in [0.15, 0.2) is 5.78 Å². The summed E-state index contributed by atoms with van der Waals surface area (Å²) in [6.07, 6.45) is 3.57. The lowest BCUT2D eigenvalue weighted by Gasteiger charge is -2.28. The first kappa shape index (κ1) is 24.5. The van der Waals surface area contributed by atoms with E-state index in [1.54, 1.807) is 0 Å². The lowest BCUT2D eigenvalue weighted by molar-refractivity contribution is -0.126. The van der Waals surface area contributed by atoms with Crippen LogP contribution in [0.2, 0.25) is 0 Å². The van der Waals surface area contributed by atoms with Crippen LogP contribution in [0.4, 0.5) is 0 Å². The van der Waals surface area contributed by atoms with Crippen molar-refractivity contribution in [2.24, 2.45) is 5.92 Å². The zero-order valence-electron chi connectivity index (χ0n) is 16.8. The van der Waals surface area contributed by atoms with Crippen molar-refractivity contribution in [1.82, 2.24) is 10.6 Å². The number of nitrogens with one attached hydrogen (secondary N) is 2. The van der Waals surface area contributed by atoms with Gasteiger partial charge in [0.25, 0.3) is 0 Å². The van der Waals surface area contributed by atoms with Gasteiger partial charge in [-0.25, -0.2) is 0 Å². The lowest BCUT2D eigenvalue weighted by Crippen LogP contribution is -2.41. The molecular formula is C19H40N2O5. The monoisotopic (exact) mass is 376 g/mol. The highest BCUT2D eigenvalue weighted by atomic mass is 16.5. The first-order chi connectivity index (χ1) is 12.5. The standard InChI is InChI=1S/C17H30N2O5.C2H6.2H2/c1-3-23-10-8-16(21)19-15-6-4-14(5-7-15)17(22)18-9-11-24-12-13(2)20;1-2;;/h14-15H,3-12H2,1-2H3,(H,18,22)(H,19,21);1-2H3;2*1H. The van der Waals surface area contributed by atoms with Crippen molar-refractivity contribution in [3.63, 3.8) is 0 Å². The van der Waals surface area contributed by atoms with Crippen LogP contribution in [0.3, 0.4) is 0 Å². The molecular weight excluding hydrogens is 336 g/mol. The molecule has 0 aromatic heterocycles. The molecule has 0 atom stereocenters. The number of Topliss-reactive ketones (excluding diaryl/α,β-unsaturated/α-hetero) is 1. The maximum absolute atomic E-state index is 12.1. The van der Waals surface area contributed by atoms with E-state index >= 15 is 0 Å². The number of carbonyl (C=O) groups excluding carboxylic acids is 3. The molecule has 0 unspecified atom stereocenters. The van der Waals surface area contributed by atoms with Crippen LogP contribution in [0.25, 0.3) is 0 Å². The Morgan fingerprint density at radius 3 is 2.27 bits per heavy atom. The zero-order valence-corrected chi connectivity index (χ0v) is 16.8. The van der Waals surface area contributed by atoms with Crippen LogP contribution in [-0.2, 0) is 23.9 Å². The molecule has 0 aromatic rings. The molecule has 0 bridgehead atoms. The van der Waals surface area contributed by atoms with Crippen molar-refractivity contribution in [3.05, 3.63) is 0 Å². The van der Waals surface area contributed by atoms with E-state index in [-0.39, 0.29) is 39.0 Å². The Bertz CT molecular complexity index is 417. The van der Waals surface area contributed by atoms with Crippen LogP contribution in [0, 0.1) is 5.92 Å². The Labute approximate surface area is 160 Å². The Morgan fingerprint density at radius 1 is 1.04 bits per heavy atom. The third-order valence-electron chi connectivity index (χ3n) is 3.99. The minimum atomic E-state index is -0.0250. The van der Waals surface area contributed by atoms with Crippen molar-refractivity contribution in [1.29, 1.82) is 0 Å². The van der Waals surface area contributed by atoms with Crippen LogP contribution in [0.1, 0.15) is 62.7 Å². The molecule has 1 aliphatic rings. The minimum absolute atomic E-state index is 0. The minimum Gasteiger partial charge on any atom is -0.381 e. The number of carbonyl (C=O) groups is 3. The van der Waals surface area contributed by atoms with Gasteiger partial charge in [-0.3, -0.25) is 14.4 Å². The number of rotatable bonds is 11. The van der Waals surface area contributed by atoms with Crippen molar-refractivity contribution >= 4 is 17.6 Å². The van der Waals surface area contributed by atoms with Crippen molar-refractivity contribution in [2.45, 2.75) is 65.8 Å². The van der Waals surface area contributed by atoms with Gasteiger partial charge in [0.05, 0.1) is 13.2 Å². The molecule has 26 heavy (non-hydrogen) atoms. The zero-order chi connectivity index (χ0) is 19.8. The van der Waals surface area contributed by atoms with Gasteiger partial charge in [-0.15, -0.1) is 0 Å². The van der Waals surface area contributed by atoms with Crippen LogP contribution in [0.15, 0.2) is 0 Å².